The lowest BCUT2D eigenvalue weighted by Gasteiger charge is -2.03. The Hall–Kier alpha value is -2.71. The van der Waals surface area contributed by atoms with Crippen LogP contribution in [0.2, 0.25) is 0 Å². The van der Waals surface area contributed by atoms with Gasteiger partial charge in [-0.1, -0.05) is 5.21 Å². The molecule has 0 aliphatic heterocycles. The quantitative estimate of drug-likeness (QED) is 0.649. The van der Waals surface area contributed by atoms with Gasteiger partial charge in [0.1, 0.15) is 6.54 Å². The van der Waals surface area contributed by atoms with Gasteiger partial charge in [-0.15, -0.1) is 5.10 Å². The fraction of sp³-hybridized carbons (Fsp3) is 0.417. The van der Waals surface area contributed by atoms with Crippen molar-refractivity contribution in [1.29, 1.82) is 0 Å². The second-order valence-electron chi connectivity index (χ2n) is 4.46. The number of aromatic nitrogens is 5. The molecule has 9 heteroatoms. The molecule has 2 N–H and O–H groups in total. The van der Waals surface area contributed by atoms with Crippen molar-refractivity contribution in [2.24, 2.45) is 0 Å². The molecule has 21 heavy (non-hydrogen) atoms. The van der Waals surface area contributed by atoms with Crippen molar-refractivity contribution in [3.63, 3.8) is 0 Å². The lowest BCUT2D eigenvalue weighted by Crippen LogP contribution is -2.25. The Labute approximate surface area is 120 Å². The topological polar surface area (TPSA) is 115 Å². The number of nitrogens with one attached hydrogen (secondary N) is 1. The van der Waals surface area contributed by atoms with Crippen LogP contribution >= 0.6 is 0 Å². The number of carbonyl (C=O) groups is 2. The standard InChI is InChI=1S/C12H16N6O3/c19-11(20)8-18-7-10(15-16-18)12(21)14-3-1-2-5-17-6-4-13-9-17/h4,6-7,9H,1-3,5,8H2,(H,14,21)(H,19,20). The van der Waals surface area contributed by atoms with Gasteiger partial charge in [-0.05, 0) is 12.8 Å². The van der Waals surface area contributed by atoms with Crippen LogP contribution in [-0.2, 0) is 17.9 Å². The molecule has 0 bridgehead atoms. The van der Waals surface area contributed by atoms with Crippen LogP contribution in [0.3, 0.4) is 0 Å². The van der Waals surface area contributed by atoms with Crippen LogP contribution in [0.15, 0.2) is 24.9 Å². The zero-order valence-electron chi connectivity index (χ0n) is 11.3. The number of amides is 1. The Bertz CT molecular complexity index is 592. The van der Waals surface area contributed by atoms with Gasteiger partial charge in [0.15, 0.2) is 5.69 Å². The monoisotopic (exact) mass is 292 g/mol. The van der Waals surface area contributed by atoms with Crippen LogP contribution in [0.4, 0.5) is 0 Å². The Morgan fingerprint density at radius 3 is 2.90 bits per heavy atom. The number of carbonyl (C=O) groups excluding carboxylic acids is 1. The molecule has 0 aliphatic rings. The molecule has 0 saturated heterocycles. The van der Waals surface area contributed by atoms with Crippen molar-refractivity contribution < 1.29 is 14.7 Å². The number of unbranched alkanes of at least 4 members (excludes halogenated alkanes) is 1. The average molecular weight is 292 g/mol. The number of carboxylic acids is 1. The van der Waals surface area contributed by atoms with Gasteiger partial charge < -0.3 is 15.0 Å². The number of carboxylic acid groups (broad SMARTS) is 1. The Morgan fingerprint density at radius 2 is 2.19 bits per heavy atom. The largest absolute Gasteiger partial charge is 0.480 e. The average Bonchev–Trinajstić information content (AvgIpc) is 3.08. The summed E-state index contributed by atoms with van der Waals surface area (Å²) in [5, 5.41) is 18.5. The summed E-state index contributed by atoms with van der Waals surface area (Å²) in [6, 6.07) is 0. The molecule has 0 atom stereocenters. The summed E-state index contributed by atoms with van der Waals surface area (Å²) in [6.45, 7) is 1.06. The van der Waals surface area contributed by atoms with Crippen molar-refractivity contribution in [2.75, 3.05) is 6.54 Å². The summed E-state index contributed by atoms with van der Waals surface area (Å²) in [5.41, 5.74) is 0.117. The fourth-order valence-corrected chi connectivity index (χ4v) is 1.75. The highest BCUT2D eigenvalue weighted by atomic mass is 16.4. The molecule has 0 spiro atoms. The minimum absolute atomic E-state index is 0.117. The van der Waals surface area contributed by atoms with E-state index in [9.17, 15) is 9.59 Å². The molecule has 0 radical (unpaired) electrons. The number of imidazole rings is 1. The summed E-state index contributed by atoms with van der Waals surface area (Å²) in [5.74, 6) is -1.39. The summed E-state index contributed by atoms with van der Waals surface area (Å²) < 4.78 is 3.08. The van der Waals surface area contributed by atoms with Gasteiger partial charge in [0.2, 0.25) is 0 Å². The summed E-state index contributed by atoms with van der Waals surface area (Å²) >= 11 is 0. The summed E-state index contributed by atoms with van der Waals surface area (Å²) in [7, 11) is 0. The van der Waals surface area contributed by atoms with Crippen molar-refractivity contribution >= 4 is 11.9 Å². The molecule has 112 valence electrons. The number of hydrogen-bond donors (Lipinski definition) is 2. The van der Waals surface area contributed by atoms with E-state index >= 15 is 0 Å². The molecule has 1 amide bonds. The van der Waals surface area contributed by atoms with E-state index in [1.165, 1.54) is 6.20 Å². The number of aliphatic carboxylic acids is 1. The molecule has 2 aromatic rings. The molecule has 2 aromatic heterocycles. The van der Waals surface area contributed by atoms with Gasteiger partial charge >= 0.3 is 5.97 Å². The van der Waals surface area contributed by atoms with Crippen LogP contribution < -0.4 is 5.32 Å². The number of aryl methyl sites for hydroxylation is 1. The van der Waals surface area contributed by atoms with Crippen LogP contribution in [0.1, 0.15) is 23.3 Å². The second kappa shape index (κ2) is 7.17. The van der Waals surface area contributed by atoms with E-state index < -0.39 is 5.97 Å². The number of hydrogen-bond acceptors (Lipinski definition) is 5. The normalized spacial score (nSPS) is 10.5. The fourth-order valence-electron chi connectivity index (χ4n) is 1.75. The Morgan fingerprint density at radius 1 is 1.33 bits per heavy atom. The van der Waals surface area contributed by atoms with Gasteiger partial charge in [-0.2, -0.15) is 0 Å². The first-order valence-corrected chi connectivity index (χ1v) is 6.51. The minimum Gasteiger partial charge on any atom is -0.480 e. The molecule has 2 heterocycles. The van der Waals surface area contributed by atoms with Crippen LogP contribution in [0.25, 0.3) is 0 Å². The first kappa shape index (κ1) is 14.7. The van der Waals surface area contributed by atoms with E-state index in [4.69, 9.17) is 5.11 Å². The van der Waals surface area contributed by atoms with E-state index in [1.807, 2.05) is 10.8 Å². The van der Waals surface area contributed by atoms with E-state index in [0.717, 1.165) is 24.1 Å². The lowest BCUT2D eigenvalue weighted by molar-refractivity contribution is -0.137. The maximum atomic E-state index is 11.7. The third-order valence-corrected chi connectivity index (χ3v) is 2.76. The van der Waals surface area contributed by atoms with Crippen molar-refractivity contribution in [3.8, 4) is 0 Å². The molecule has 0 aliphatic carbocycles. The predicted molar refractivity (Wildman–Crippen MR) is 71.5 cm³/mol. The SMILES string of the molecule is O=C(O)Cn1cc(C(=O)NCCCCn2ccnc2)nn1. The van der Waals surface area contributed by atoms with Gasteiger partial charge in [-0.25, -0.2) is 9.67 Å². The molecular weight excluding hydrogens is 276 g/mol. The molecular formula is C12H16N6O3. The summed E-state index contributed by atoms with van der Waals surface area (Å²) in [6.07, 6.45) is 8.42. The highest BCUT2D eigenvalue weighted by Gasteiger charge is 2.11. The molecule has 0 unspecified atom stereocenters. The smallest absolute Gasteiger partial charge is 0.325 e. The van der Waals surface area contributed by atoms with Gasteiger partial charge in [0.05, 0.1) is 12.5 Å². The Kier molecular flexibility index (Phi) is 5.02. The third kappa shape index (κ3) is 4.71. The van der Waals surface area contributed by atoms with Crippen molar-refractivity contribution in [1.82, 2.24) is 29.9 Å². The molecule has 0 saturated carbocycles. The molecule has 0 fully saturated rings. The van der Waals surface area contributed by atoms with Crippen LogP contribution in [0.5, 0.6) is 0 Å². The zero-order chi connectivity index (χ0) is 15.1. The third-order valence-electron chi connectivity index (χ3n) is 2.76. The molecule has 2 rings (SSSR count). The van der Waals surface area contributed by atoms with Crippen molar-refractivity contribution in [3.05, 3.63) is 30.6 Å². The number of nitrogens with zero attached hydrogens (tertiary/aromatic N) is 5. The van der Waals surface area contributed by atoms with Gasteiger partial charge in [0, 0.05) is 25.5 Å². The minimum atomic E-state index is -1.04. The lowest BCUT2D eigenvalue weighted by atomic mass is 10.3. The highest BCUT2D eigenvalue weighted by Crippen LogP contribution is 1.96. The molecule has 9 nitrogen and oxygen atoms in total. The first-order chi connectivity index (χ1) is 10.1. The van der Waals surface area contributed by atoms with E-state index in [-0.39, 0.29) is 18.1 Å². The predicted octanol–water partition coefficient (Wildman–Crippen LogP) is -0.231. The summed E-state index contributed by atoms with van der Waals surface area (Å²) in [4.78, 5) is 26.2. The highest BCUT2D eigenvalue weighted by molar-refractivity contribution is 5.91. The Balaban J connectivity index is 1.67. The van der Waals surface area contributed by atoms with Gasteiger partial charge in [-0.3, -0.25) is 9.59 Å². The van der Waals surface area contributed by atoms with E-state index in [0.29, 0.717) is 6.54 Å². The van der Waals surface area contributed by atoms with Crippen LogP contribution in [0, 0.1) is 0 Å². The number of rotatable bonds is 8. The van der Waals surface area contributed by atoms with E-state index in [2.05, 4.69) is 20.6 Å². The van der Waals surface area contributed by atoms with E-state index in [1.54, 1.807) is 12.5 Å². The van der Waals surface area contributed by atoms with Crippen LogP contribution in [-0.4, -0.2) is 48.1 Å². The van der Waals surface area contributed by atoms with Gasteiger partial charge in [0.25, 0.3) is 5.91 Å². The second-order valence-corrected chi connectivity index (χ2v) is 4.46. The maximum absolute atomic E-state index is 11.7. The maximum Gasteiger partial charge on any atom is 0.325 e. The zero-order valence-corrected chi connectivity index (χ0v) is 11.3. The first-order valence-electron chi connectivity index (χ1n) is 6.51. The van der Waals surface area contributed by atoms with Crippen molar-refractivity contribution in [2.45, 2.75) is 25.9 Å². The molecule has 0 aromatic carbocycles.